The van der Waals surface area contributed by atoms with E-state index in [4.69, 9.17) is 5.73 Å². The summed E-state index contributed by atoms with van der Waals surface area (Å²) in [5.74, 6) is 0. The van der Waals surface area contributed by atoms with Crippen LogP contribution >= 0.6 is 11.8 Å². The summed E-state index contributed by atoms with van der Waals surface area (Å²) in [5.41, 5.74) is 6.94. The zero-order valence-corrected chi connectivity index (χ0v) is 11.9. The van der Waals surface area contributed by atoms with Gasteiger partial charge < -0.3 is 5.73 Å². The molecule has 0 radical (unpaired) electrons. The van der Waals surface area contributed by atoms with Crippen LogP contribution in [-0.2, 0) is 0 Å². The second kappa shape index (κ2) is 6.07. The third-order valence-electron chi connectivity index (χ3n) is 3.23. The highest BCUT2D eigenvalue weighted by molar-refractivity contribution is 7.99. The van der Waals surface area contributed by atoms with E-state index >= 15 is 0 Å². The highest BCUT2D eigenvalue weighted by atomic mass is 32.2. The van der Waals surface area contributed by atoms with Gasteiger partial charge in [-0.1, -0.05) is 36.4 Å². The summed E-state index contributed by atoms with van der Waals surface area (Å²) in [6.45, 7) is 0.578. The van der Waals surface area contributed by atoms with Crippen molar-refractivity contribution >= 4 is 22.5 Å². The average molecular weight is 280 g/mol. The Hall–Kier alpha value is -1.84. The predicted molar refractivity (Wildman–Crippen MR) is 85.8 cm³/mol. The lowest BCUT2D eigenvalue weighted by molar-refractivity contribution is 0.898. The van der Waals surface area contributed by atoms with Crippen molar-refractivity contribution in [1.82, 2.24) is 4.98 Å². The van der Waals surface area contributed by atoms with Crippen LogP contribution < -0.4 is 5.73 Å². The number of rotatable bonds is 4. The molecular weight excluding hydrogens is 264 g/mol. The zero-order valence-electron chi connectivity index (χ0n) is 11.1. The van der Waals surface area contributed by atoms with E-state index in [1.807, 2.05) is 24.4 Å². The number of fused-ring (bicyclic) bond motifs is 1. The Morgan fingerprint density at radius 2 is 1.75 bits per heavy atom. The first-order valence-corrected chi connectivity index (χ1v) is 7.51. The smallest absolute Gasteiger partial charge is 0.0639 e. The summed E-state index contributed by atoms with van der Waals surface area (Å²) >= 11 is 1.77. The van der Waals surface area contributed by atoms with E-state index in [9.17, 15) is 0 Å². The lowest BCUT2D eigenvalue weighted by Crippen LogP contribution is -2.10. The summed E-state index contributed by atoms with van der Waals surface area (Å²) < 4.78 is 0. The Bertz CT molecular complexity index is 697. The Balaban J connectivity index is 1.87. The highest BCUT2D eigenvalue weighted by Crippen LogP contribution is 2.34. The second-order valence-corrected chi connectivity index (χ2v) is 5.88. The van der Waals surface area contributed by atoms with Gasteiger partial charge in [0.05, 0.1) is 10.9 Å². The fourth-order valence-electron chi connectivity index (χ4n) is 2.20. The molecule has 1 atom stereocenters. The summed E-state index contributed by atoms with van der Waals surface area (Å²) in [5, 5.41) is 2.71. The molecule has 0 aliphatic rings. The summed E-state index contributed by atoms with van der Waals surface area (Å²) in [6, 6.07) is 20.9. The molecule has 0 saturated carbocycles. The van der Waals surface area contributed by atoms with Gasteiger partial charge in [-0.15, -0.1) is 11.8 Å². The Morgan fingerprint density at radius 3 is 2.50 bits per heavy atom. The van der Waals surface area contributed by atoms with Gasteiger partial charge in [0.15, 0.2) is 0 Å². The van der Waals surface area contributed by atoms with Gasteiger partial charge in [0.25, 0.3) is 0 Å². The molecule has 2 nitrogen and oxygen atoms in total. The van der Waals surface area contributed by atoms with Gasteiger partial charge in [0.1, 0.15) is 0 Å². The van der Waals surface area contributed by atoms with Crippen LogP contribution in [0.4, 0.5) is 0 Å². The molecule has 0 aliphatic heterocycles. The number of thioether (sulfide) groups is 1. The van der Waals surface area contributed by atoms with Crippen LogP contribution in [0.2, 0.25) is 0 Å². The third kappa shape index (κ3) is 2.84. The van der Waals surface area contributed by atoms with Gasteiger partial charge in [-0.05, 0) is 35.0 Å². The van der Waals surface area contributed by atoms with Gasteiger partial charge >= 0.3 is 0 Å². The van der Waals surface area contributed by atoms with Crippen molar-refractivity contribution in [3.05, 3.63) is 72.6 Å². The number of aromatic nitrogens is 1. The van der Waals surface area contributed by atoms with E-state index < -0.39 is 0 Å². The van der Waals surface area contributed by atoms with Gasteiger partial charge in [0.2, 0.25) is 0 Å². The molecule has 1 aromatic heterocycles. The maximum atomic E-state index is 5.90. The Labute approximate surface area is 123 Å². The van der Waals surface area contributed by atoms with Gasteiger partial charge in [0, 0.05) is 17.6 Å². The Kier molecular flexibility index (Phi) is 4.00. The molecule has 3 heteroatoms. The number of nitrogens with two attached hydrogens (primary N) is 1. The first kappa shape index (κ1) is 13.2. The molecule has 0 aliphatic carbocycles. The molecule has 0 amide bonds. The van der Waals surface area contributed by atoms with Crippen molar-refractivity contribution in [3.63, 3.8) is 0 Å². The minimum absolute atomic E-state index is 0.192. The van der Waals surface area contributed by atoms with Crippen molar-refractivity contribution in [2.75, 3.05) is 6.54 Å². The number of hydrogen-bond donors (Lipinski definition) is 1. The SMILES string of the molecule is NCC(Sc1ccc2ccccc2c1)c1ccccn1. The first-order valence-electron chi connectivity index (χ1n) is 6.63. The monoisotopic (exact) mass is 280 g/mol. The van der Waals surface area contributed by atoms with E-state index in [0.29, 0.717) is 6.54 Å². The molecule has 0 saturated heterocycles. The van der Waals surface area contributed by atoms with E-state index in [1.54, 1.807) is 11.8 Å². The van der Waals surface area contributed by atoms with Gasteiger partial charge in [-0.2, -0.15) is 0 Å². The molecular formula is C17H16N2S. The Morgan fingerprint density at radius 1 is 0.950 bits per heavy atom. The molecule has 2 aromatic carbocycles. The standard InChI is InChI=1S/C17H16N2S/c18-12-17(16-7-3-4-10-19-16)20-15-9-8-13-5-1-2-6-14(13)11-15/h1-11,17H,12,18H2. The quantitative estimate of drug-likeness (QED) is 0.733. The van der Waals surface area contributed by atoms with Crippen LogP contribution in [-0.4, -0.2) is 11.5 Å². The number of hydrogen-bond acceptors (Lipinski definition) is 3. The topological polar surface area (TPSA) is 38.9 Å². The van der Waals surface area contributed by atoms with E-state index in [2.05, 4.69) is 47.4 Å². The third-order valence-corrected chi connectivity index (χ3v) is 4.48. The number of benzene rings is 2. The first-order chi connectivity index (χ1) is 9.86. The summed E-state index contributed by atoms with van der Waals surface area (Å²) in [7, 11) is 0. The van der Waals surface area contributed by atoms with Crippen molar-refractivity contribution in [3.8, 4) is 0 Å². The molecule has 3 aromatic rings. The lowest BCUT2D eigenvalue weighted by atomic mass is 10.1. The highest BCUT2D eigenvalue weighted by Gasteiger charge is 2.12. The summed E-state index contributed by atoms with van der Waals surface area (Å²) in [4.78, 5) is 5.63. The molecule has 3 rings (SSSR count). The fourth-order valence-corrected chi connectivity index (χ4v) is 3.23. The van der Waals surface area contributed by atoms with Crippen molar-refractivity contribution in [2.45, 2.75) is 10.1 Å². The zero-order chi connectivity index (χ0) is 13.8. The van der Waals surface area contributed by atoms with Crippen molar-refractivity contribution in [2.24, 2.45) is 5.73 Å². The molecule has 1 unspecified atom stereocenters. The van der Waals surface area contributed by atoms with Crippen LogP contribution in [0.5, 0.6) is 0 Å². The van der Waals surface area contributed by atoms with E-state index in [1.165, 1.54) is 15.7 Å². The van der Waals surface area contributed by atoms with Gasteiger partial charge in [-0.25, -0.2) is 0 Å². The van der Waals surface area contributed by atoms with Crippen LogP contribution in [0.3, 0.4) is 0 Å². The van der Waals surface area contributed by atoms with Crippen LogP contribution in [0.15, 0.2) is 71.8 Å². The second-order valence-electron chi connectivity index (χ2n) is 4.61. The van der Waals surface area contributed by atoms with Crippen LogP contribution in [0, 0.1) is 0 Å². The van der Waals surface area contributed by atoms with Crippen molar-refractivity contribution < 1.29 is 0 Å². The van der Waals surface area contributed by atoms with Crippen molar-refractivity contribution in [1.29, 1.82) is 0 Å². The minimum Gasteiger partial charge on any atom is -0.329 e. The normalized spacial score (nSPS) is 12.4. The molecule has 0 bridgehead atoms. The van der Waals surface area contributed by atoms with Crippen LogP contribution in [0.25, 0.3) is 10.8 Å². The maximum Gasteiger partial charge on any atom is 0.0639 e. The van der Waals surface area contributed by atoms with Crippen LogP contribution in [0.1, 0.15) is 10.9 Å². The molecule has 2 N–H and O–H groups in total. The van der Waals surface area contributed by atoms with E-state index in [-0.39, 0.29) is 5.25 Å². The predicted octanol–water partition coefficient (Wildman–Crippen LogP) is 4.03. The fraction of sp³-hybridized carbons (Fsp3) is 0.118. The molecule has 20 heavy (non-hydrogen) atoms. The average Bonchev–Trinajstić information content (AvgIpc) is 2.53. The largest absolute Gasteiger partial charge is 0.329 e. The molecule has 100 valence electrons. The minimum atomic E-state index is 0.192. The van der Waals surface area contributed by atoms with Gasteiger partial charge in [-0.3, -0.25) is 4.98 Å². The van der Waals surface area contributed by atoms with E-state index in [0.717, 1.165) is 5.69 Å². The lowest BCUT2D eigenvalue weighted by Gasteiger charge is -2.14. The number of nitrogens with zero attached hydrogens (tertiary/aromatic N) is 1. The maximum absolute atomic E-state index is 5.90. The number of pyridine rings is 1. The summed E-state index contributed by atoms with van der Waals surface area (Å²) in [6.07, 6.45) is 1.82. The molecule has 0 fully saturated rings. The molecule has 1 heterocycles. The molecule has 0 spiro atoms.